The predicted molar refractivity (Wildman–Crippen MR) is 62.9 cm³/mol. The highest BCUT2D eigenvalue weighted by molar-refractivity contribution is 5.37. The van der Waals surface area contributed by atoms with Crippen molar-refractivity contribution in [3.63, 3.8) is 0 Å². The lowest BCUT2D eigenvalue weighted by atomic mass is 9.96. The minimum atomic E-state index is 1.06. The Kier molecular flexibility index (Phi) is 4.15. The Balaban J connectivity index is 2.95. The summed E-state index contributed by atoms with van der Waals surface area (Å²) in [5.41, 5.74) is 5.84. The molecule has 0 saturated heterocycles. The second-order valence-corrected chi connectivity index (χ2v) is 3.90. The maximum Gasteiger partial charge on any atom is -0.00113 e. The number of benzene rings is 1. The third kappa shape index (κ3) is 2.58. The molecule has 0 spiro atoms. The van der Waals surface area contributed by atoms with Crippen molar-refractivity contribution in [2.45, 2.75) is 33.6 Å². The van der Waals surface area contributed by atoms with Crippen molar-refractivity contribution >= 4 is 0 Å². The maximum absolute atomic E-state index is 3.20. The van der Waals surface area contributed by atoms with E-state index in [-0.39, 0.29) is 0 Å². The van der Waals surface area contributed by atoms with E-state index >= 15 is 0 Å². The molecule has 0 heterocycles. The molecule has 0 aliphatic rings. The van der Waals surface area contributed by atoms with Crippen LogP contribution in [-0.4, -0.2) is 13.6 Å². The number of likely N-dealkylation sites (N-methyl/N-ethyl adjacent to an activating group) is 1. The number of hydrogen-bond donors (Lipinski definition) is 1. The molecule has 1 nitrogen and oxygen atoms in total. The van der Waals surface area contributed by atoms with E-state index in [0.717, 1.165) is 19.4 Å². The number of nitrogens with one attached hydrogen (secondary N) is 1. The van der Waals surface area contributed by atoms with Crippen LogP contribution in [-0.2, 0) is 12.8 Å². The first kappa shape index (κ1) is 11.3. The number of aryl methyl sites for hydroxylation is 2. The summed E-state index contributed by atoms with van der Waals surface area (Å²) in [7, 11) is 2.01. The molecule has 0 radical (unpaired) electrons. The molecule has 0 bridgehead atoms. The van der Waals surface area contributed by atoms with E-state index in [9.17, 15) is 0 Å². The quantitative estimate of drug-likeness (QED) is 0.771. The molecular formula is C13H21N. The van der Waals surface area contributed by atoms with Crippen molar-refractivity contribution in [2.75, 3.05) is 13.6 Å². The number of rotatable bonds is 4. The summed E-state index contributed by atoms with van der Waals surface area (Å²) >= 11 is 0. The minimum absolute atomic E-state index is 1.06. The maximum atomic E-state index is 3.20. The van der Waals surface area contributed by atoms with E-state index < -0.39 is 0 Å². The van der Waals surface area contributed by atoms with Crippen LogP contribution < -0.4 is 5.32 Å². The summed E-state index contributed by atoms with van der Waals surface area (Å²) < 4.78 is 0. The Morgan fingerprint density at radius 2 is 1.93 bits per heavy atom. The fraction of sp³-hybridized carbons (Fsp3) is 0.538. The van der Waals surface area contributed by atoms with Gasteiger partial charge in [0.1, 0.15) is 0 Å². The molecule has 0 aliphatic carbocycles. The first-order chi connectivity index (χ1) is 6.69. The zero-order valence-corrected chi connectivity index (χ0v) is 9.78. The highest BCUT2D eigenvalue weighted by atomic mass is 14.8. The van der Waals surface area contributed by atoms with Crippen molar-refractivity contribution in [1.82, 2.24) is 5.32 Å². The average molecular weight is 191 g/mol. The van der Waals surface area contributed by atoms with E-state index in [1.54, 1.807) is 0 Å². The van der Waals surface area contributed by atoms with Gasteiger partial charge in [0, 0.05) is 0 Å². The van der Waals surface area contributed by atoms with E-state index in [2.05, 4.69) is 38.2 Å². The smallest absolute Gasteiger partial charge is 0.00113 e. The van der Waals surface area contributed by atoms with E-state index in [1.807, 2.05) is 7.05 Å². The fourth-order valence-electron chi connectivity index (χ4n) is 1.74. The van der Waals surface area contributed by atoms with Gasteiger partial charge in [-0.1, -0.05) is 19.1 Å². The molecule has 0 saturated carbocycles. The Morgan fingerprint density at radius 3 is 2.50 bits per heavy atom. The van der Waals surface area contributed by atoms with Crippen LogP contribution in [0.3, 0.4) is 0 Å². The fourth-order valence-corrected chi connectivity index (χ4v) is 1.74. The second-order valence-electron chi connectivity index (χ2n) is 3.90. The second kappa shape index (κ2) is 5.16. The molecule has 0 atom stereocenters. The Morgan fingerprint density at radius 1 is 1.21 bits per heavy atom. The van der Waals surface area contributed by atoms with Gasteiger partial charge < -0.3 is 5.32 Å². The van der Waals surface area contributed by atoms with Crippen molar-refractivity contribution in [3.8, 4) is 0 Å². The summed E-state index contributed by atoms with van der Waals surface area (Å²) in [4.78, 5) is 0. The molecular weight excluding hydrogens is 170 g/mol. The minimum Gasteiger partial charge on any atom is -0.319 e. The Hall–Kier alpha value is -0.820. The third-order valence-electron chi connectivity index (χ3n) is 2.89. The van der Waals surface area contributed by atoms with Crippen molar-refractivity contribution in [2.24, 2.45) is 0 Å². The van der Waals surface area contributed by atoms with Gasteiger partial charge in [0.05, 0.1) is 0 Å². The van der Waals surface area contributed by atoms with Gasteiger partial charge in [0.25, 0.3) is 0 Å². The molecule has 1 aromatic rings. The van der Waals surface area contributed by atoms with Crippen LogP contribution in [0.2, 0.25) is 0 Å². The van der Waals surface area contributed by atoms with Gasteiger partial charge in [-0.05, 0) is 62.5 Å². The molecule has 0 unspecified atom stereocenters. The standard InChI is InChI=1S/C13H21N/c1-5-12-8-10(2)11(3)13(9-12)6-7-14-4/h8-9,14H,5-7H2,1-4H3. The van der Waals surface area contributed by atoms with Crippen LogP contribution in [0.1, 0.15) is 29.2 Å². The molecule has 0 amide bonds. The molecule has 1 rings (SSSR count). The molecule has 0 fully saturated rings. The van der Waals surface area contributed by atoms with Gasteiger partial charge in [-0.2, -0.15) is 0 Å². The first-order valence-electron chi connectivity index (χ1n) is 5.42. The zero-order chi connectivity index (χ0) is 10.6. The van der Waals surface area contributed by atoms with Crippen LogP contribution in [0.15, 0.2) is 12.1 Å². The number of hydrogen-bond acceptors (Lipinski definition) is 1. The molecule has 1 N–H and O–H groups in total. The highest BCUT2D eigenvalue weighted by Gasteiger charge is 2.02. The summed E-state index contributed by atoms with van der Waals surface area (Å²) in [5, 5.41) is 3.20. The summed E-state index contributed by atoms with van der Waals surface area (Å²) in [5.74, 6) is 0. The van der Waals surface area contributed by atoms with Crippen LogP contribution in [0.4, 0.5) is 0 Å². The van der Waals surface area contributed by atoms with Gasteiger partial charge in [0.2, 0.25) is 0 Å². The molecule has 0 aromatic heterocycles. The monoisotopic (exact) mass is 191 g/mol. The topological polar surface area (TPSA) is 12.0 Å². The van der Waals surface area contributed by atoms with Gasteiger partial charge in [-0.15, -0.1) is 0 Å². The summed E-state index contributed by atoms with van der Waals surface area (Å²) in [6.07, 6.45) is 2.27. The SMILES string of the molecule is CCc1cc(C)c(C)c(CCNC)c1. The van der Waals surface area contributed by atoms with Gasteiger partial charge in [-0.3, -0.25) is 0 Å². The van der Waals surface area contributed by atoms with Gasteiger partial charge in [0.15, 0.2) is 0 Å². The van der Waals surface area contributed by atoms with Crippen LogP contribution in [0.25, 0.3) is 0 Å². The van der Waals surface area contributed by atoms with E-state index in [4.69, 9.17) is 0 Å². The van der Waals surface area contributed by atoms with Gasteiger partial charge >= 0.3 is 0 Å². The van der Waals surface area contributed by atoms with Crippen molar-refractivity contribution in [3.05, 3.63) is 34.4 Å². The Labute approximate surface area is 87.5 Å². The Bertz CT molecular complexity index is 302. The summed E-state index contributed by atoms with van der Waals surface area (Å²) in [6, 6.07) is 4.65. The highest BCUT2D eigenvalue weighted by Crippen LogP contribution is 2.17. The lowest BCUT2D eigenvalue weighted by molar-refractivity contribution is 0.786. The zero-order valence-electron chi connectivity index (χ0n) is 9.78. The molecule has 14 heavy (non-hydrogen) atoms. The third-order valence-corrected chi connectivity index (χ3v) is 2.89. The average Bonchev–Trinajstić information content (AvgIpc) is 2.20. The predicted octanol–water partition coefficient (Wildman–Crippen LogP) is 2.63. The van der Waals surface area contributed by atoms with Crippen molar-refractivity contribution in [1.29, 1.82) is 0 Å². The van der Waals surface area contributed by atoms with E-state index in [1.165, 1.54) is 22.3 Å². The first-order valence-corrected chi connectivity index (χ1v) is 5.42. The molecule has 78 valence electrons. The molecule has 1 heteroatoms. The van der Waals surface area contributed by atoms with Gasteiger partial charge in [-0.25, -0.2) is 0 Å². The van der Waals surface area contributed by atoms with Crippen LogP contribution in [0, 0.1) is 13.8 Å². The van der Waals surface area contributed by atoms with Crippen LogP contribution in [0.5, 0.6) is 0 Å². The summed E-state index contributed by atoms with van der Waals surface area (Å²) in [6.45, 7) is 7.70. The normalized spacial score (nSPS) is 10.6. The molecule has 0 aliphatic heterocycles. The van der Waals surface area contributed by atoms with E-state index in [0.29, 0.717) is 0 Å². The lowest BCUT2D eigenvalue weighted by Crippen LogP contribution is -2.11. The molecule has 1 aromatic carbocycles. The van der Waals surface area contributed by atoms with Crippen molar-refractivity contribution < 1.29 is 0 Å². The largest absolute Gasteiger partial charge is 0.319 e. The van der Waals surface area contributed by atoms with Crippen LogP contribution >= 0.6 is 0 Å². The lowest BCUT2D eigenvalue weighted by Gasteiger charge is -2.11.